The Morgan fingerprint density at radius 3 is 2.63 bits per heavy atom. The molecule has 3 rings (SSSR count). The molecule has 0 aromatic heterocycles. The van der Waals surface area contributed by atoms with Crippen LogP contribution in [-0.4, -0.2) is 29.3 Å². The number of nitrogens with one attached hydrogen (secondary N) is 2. The molecule has 27 heavy (non-hydrogen) atoms. The van der Waals surface area contributed by atoms with Gasteiger partial charge in [-0.3, -0.25) is 14.5 Å². The average Bonchev–Trinajstić information content (AvgIpc) is 2.86. The van der Waals surface area contributed by atoms with Gasteiger partial charge in [0.05, 0.1) is 11.6 Å². The monoisotopic (exact) mass is 382 g/mol. The Balaban J connectivity index is 1.74. The van der Waals surface area contributed by atoms with Crippen LogP contribution in [0.25, 0.3) is 0 Å². The normalized spacial score (nSPS) is 18.8. The number of hydrogen-bond donors (Lipinski definition) is 2. The lowest BCUT2D eigenvalue weighted by Gasteiger charge is -2.22. The fourth-order valence-corrected chi connectivity index (χ4v) is 2.96. The van der Waals surface area contributed by atoms with Crippen molar-refractivity contribution in [3.63, 3.8) is 0 Å². The zero-order valence-electron chi connectivity index (χ0n) is 14.3. The fourth-order valence-electron chi connectivity index (χ4n) is 2.83. The topological polar surface area (TPSA) is 102 Å². The van der Waals surface area contributed by atoms with Crippen LogP contribution in [0.15, 0.2) is 48.5 Å². The van der Waals surface area contributed by atoms with E-state index in [-0.39, 0.29) is 0 Å². The van der Waals surface area contributed by atoms with Crippen molar-refractivity contribution < 1.29 is 14.4 Å². The molecule has 2 N–H and O–H groups in total. The number of hydrogen-bond acceptors (Lipinski definition) is 4. The van der Waals surface area contributed by atoms with Gasteiger partial charge in [0.25, 0.3) is 5.91 Å². The Morgan fingerprint density at radius 1 is 1.26 bits per heavy atom. The smallest absolute Gasteiger partial charge is 0.324 e. The third-order valence-corrected chi connectivity index (χ3v) is 4.53. The molecule has 136 valence electrons. The zero-order chi connectivity index (χ0) is 19.6. The molecule has 1 aliphatic rings. The quantitative estimate of drug-likeness (QED) is 0.793. The number of amides is 4. The van der Waals surface area contributed by atoms with E-state index in [9.17, 15) is 14.4 Å². The summed E-state index contributed by atoms with van der Waals surface area (Å²) in [5, 5.41) is 14.6. The molecule has 2 aromatic carbocycles. The van der Waals surface area contributed by atoms with Crippen molar-refractivity contribution in [1.29, 1.82) is 5.26 Å². The van der Waals surface area contributed by atoms with Crippen molar-refractivity contribution in [2.45, 2.75) is 12.5 Å². The minimum Gasteiger partial charge on any atom is -0.324 e. The number of nitrogens with zero attached hydrogens (tertiary/aromatic N) is 2. The van der Waals surface area contributed by atoms with Crippen LogP contribution in [0.1, 0.15) is 18.1 Å². The van der Waals surface area contributed by atoms with Gasteiger partial charge in [0, 0.05) is 10.7 Å². The van der Waals surface area contributed by atoms with E-state index in [1.54, 1.807) is 49.4 Å². The summed E-state index contributed by atoms with van der Waals surface area (Å²) in [6.45, 7) is 1.13. The van der Waals surface area contributed by atoms with Crippen LogP contribution in [0.3, 0.4) is 0 Å². The largest absolute Gasteiger partial charge is 0.325 e. The molecule has 8 heteroatoms. The van der Waals surface area contributed by atoms with E-state index in [2.05, 4.69) is 10.6 Å². The number of benzene rings is 2. The summed E-state index contributed by atoms with van der Waals surface area (Å²) in [6.07, 6.45) is 0. The maximum absolute atomic E-state index is 12.8. The Bertz CT molecular complexity index is 968. The highest BCUT2D eigenvalue weighted by Gasteiger charge is 2.49. The van der Waals surface area contributed by atoms with Crippen LogP contribution in [-0.2, 0) is 15.1 Å². The minimum atomic E-state index is -1.28. The summed E-state index contributed by atoms with van der Waals surface area (Å²) >= 11 is 5.87. The van der Waals surface area contributed by atoms with E-state index in [1.807, 2.05) is 6.07 Å². The first-order valence-electron chi connectivity index (χ1n) is 8.03. The third-order valence-electron chi connectivity index (χ3n) is 4.27. The van der Waals surface area contributed by atoms with Crippen LogP contribution in [0.2, 0.25) is 5.02 Å². The van der Waals surface area contributed by atoms with Crippen molar-refractivity contribution in [2.24, 2.45) is 0 Å². The third kappa shape index (κ3) is 3.61. The summed E-state index contributed by atoms with van der Waals surface area (Å²) in [5.74, 6) is -1.08. The van der Waals surface area contributed by atoms with Crippen molar-refractivity contribution in [3.05, 3.63) is 64.7 Å². The van der Waals surface area contributed by atoms with Crippen LogP contribution < -0.4 is 10.6 Å². The molecule has 0 bridgehead atoms. The first-order chi connectivity index (χ1) is 12.8. The second-order valence-corrected chi connectivity index (χ2v) is 6.63. The molecule has 0 saturated carbocycles. The Morgan fingerprint density at radius 2 is 1.96 bits per heavy atom. The Kier molecular flexibility index (Phi) is 4.84. The number of carbonyl (C=O) groups excluding carboxylic acids is 3. The van der Waals surface area contributed by atoms with Crippen LogP contribution in [0.4, 0.5) is 10.5 Å². The second-order valence-electron chi connectivity index (χ2n) is 6.19. The molecule has 1 unspecified atom stereocenters. The predicted molar refractivity (Wildman–Crippen MR) is 98.8 cm³/mol. The summed E-state index contributed by atoms with van der Waals surface area (Å²) in [4.78, 5) is 38.2. The van der Waals surface area contributed by atoms with E-state index in [0.29, 0.717) is 21.8 Å². The number of rotatable bonds is 4. The lowest BCUT2D eigenvalue weighted by Crippen LogP contribution is -2.42. The SMILES string of the molecule is CC1(c2ccc(Cl)cc2)NC(=O)N(CC(=O)Nc2cccc(C#N)c2)C1=O. The van der Waals surface area contributed by atoms with Gasteiger partial charge in [0.1, 0.15) is 12.1 Å². The molecule has 2 aromatic rings. The number of nitriles is 1. The molecule has 7 nitrogen and oxygen atoms in total. The van der Waals surface area contributed by atoms with Crippen LogP contribution in [0, 0.1) is 11.3 Å². The molecule has 1 heterocycles. The standard InChI is InChI=1S/C19H15ClN4O3/c1-19(13-5-7-14(20)8-6-13)17(26)24(18(27)23-19)11-16(25)22-15-4-2-3-12(9-15)10-21/h2-9H,11H2,1H3,(H,22,25)(H,23,27). The molecule has 1 fully saturated rings. The maximum Gasteiger partial charge on any atom is 0.325 e. The first kappa shape index (κ1) is 18.4. The molecule has 4 amide bonds. The number of anilines is 1. The van der Waals surface area contributed by atoms with Crippen molar-refractivity contribution in [2.75, 3.05) is 11.9 Å². The second kappa shape index (κ2) is 7.09. The Hall–Kier alpha value is -3.37. The van der Waals surface area contributed by atoms with Gasteiger partial charge in [0.2, 0.25) is 5.91 Å². The number of carbonyl (C=O) groups is 3. The lowest BCUT2D eigenvalue weighted by atomic mass is 9.92. The van der Waals surface area contributed by atoms with Crippen LogP contribution in [0.5, 0.6) is 0 Å². The molecular formula is C19H15ClN4O3. The van der Waals surface area contributed by atoms with Crippen LogP contribution >= 0.6 is 11.6 Å². The summed E-state index contributed by atoms with van der Waals surface area (Å²) in [7, 11) is 0. The predicted octanol–water partition coefficient (Wildman–Crippen LogP) is 2.62. The summed E-state index contributed by atoms with van der Waals surface area (Å²) in [6, 6.07) is 14.2. The van der Waals surface area contributed by atoms with Gasteiger partial charge in [-0.15, -0.1) is 0 Å². The van der Waals surface area contributed by atoms with Gasteiger partial charge in [-0.1, -0.05) is 29.8 Å². The fraction of sp³-hybridized carbons (Fsp3) is 0.158. The highest BCUT2D eigenvalue weighted by molar-refractivity contribution is 6.30. The van der Waals surface area contributed by atoms with E-state index in [0.717, 1.165) is 4.90 Å². The van der Waals surface area contributed by atoms with Gasteiger partial charge >= 0.3 is 6.03 Å². The molecular weight excluding hydrogens is 368 g/mol. The molecule has 0 aliphatic carbocycles. The summed E-state index contributed by atoms with van der Waals surface area (Å²) < 4.78 is 0. The average molecular weight is 383 g/mol. The van der Waals surface area contributed by atoms with Crippen molar-refractivity contribution >= 4 is 35.1 Å². The Labute approximate surface area is 160 Å². The van der Waals surface area contributed by atoms with E-state index >= 15 is 0 Å². The minimum absolute atomic E-state index is 0.387. The maximum atomic E-state index is 12.8. The van der Waals surface area contributed by atoms with Crippen molar-refractivity contribution in [1.82, 2.24) is 10.2 Å². The lowest BCUT2D eigenvalue weighted by molar-refractivity contribution is -0.133. The van der Waals surface area contributed by atoms with Gasteiger partial charge < -0.3 is 10.6 Å². The van der Waals surface area contributed by atoms with E-state index < -0.39 is 29.9 Å². The molecule has 1 atom stereocenters. The highest BCUT2D eigenvalue weighted by Crippen LogP contribution is 2.29. The van der Waals surface area contributed by atoms with Gasteiger partial charge in [-0.05, 0) is 42.8 Å². The van der Waals surface area contributed by atoms with E-state index in [1.165, 1.54) is 6.07 Å². The number of imide groups is 1. The number of halogens is 1. The first-order valence-corrected chi connectivity index (χ1v) is 8.41. The molecule has 0 spiro atoms. The van der Waals surface area contributed by atoms with Crippen molar-refractivity contribution in [3.8, 4) is 6.07 Å². The number of urea groups is 1. The summed E-state index contributed by atoms with van der Waals surface area (Å²) in [5.41, 5.74) is 0.0856. The molecule has 1 aliphatic heterocycles. The van der Waals surface area contributed by atoms with Gasteiger partial charge in [-0.2, -0.15) is 5.26 Å². The van der Waals surface area contributed by atoms with Gasteiger partial charge in [-0.25, -0.2) is 4.79 Å². The van der Waals surface area contributed by atoms with E-state index in [4.69, 9.17) is 16.9 Å². The van der Waals surface area contributed by atoms with Gasteiger partial charge in [0.15, 0.2) is 0 Å². The highest BCUT2D eigenvalue weighted by atomic mass is 35.5. The molecule has 0 radical (unpaired) electrons. The zero-order valence-corrected chi connectivity index (χ0v) is 15.1. The molecule has 1 saturated heterocycles.